The van der Waals surface area contributed by atoms with Crippen LogP contribution in [0.25, 0.3) is 0 Å². The van der Waals surface area contributed by atoms with Crippen molar-refractivity contribution >= 4 is 23.4 Å². The molecule has 30 heavy (non-hydrogen) atoms. The molecule has 6 heteroatoms. The summed E-state index contributed by atoms with van der Waals surface area (Å²) in [6, 6.07) is 24.3. The maximum Gasteiger partial charge on any atom is 0.258 e. The molecule has 0 spiro atoms. The van der Waals surface area contributed by atoms with Gasteiger partial charge in [-0.15, -0.1) is 11.8 Å². The predicted octanol–water partition coefficient (Wildman–Crippen LogP) is 5.81. The summed E-state index contributed by atoms with van der Waals surface area (Å²) in [5.41, 5.74) is 2.36. The van der Waals surface area contributed by atoms with Gasteiger partial charge in [0, 0.05) is 30.0 Å². The Morgan fingerprint density at radius 3 is 2.33 bits per heavy atom. The summed E-state index contributed by atoms with van der Waals surface area (Å²) in [5, 5.41) is 3.62. The normalized spacial score (nSPS) is 10.4. The Kier molecular flexibility index (Phi) is 6.37. The predicted molar refractivity (Wildman–Crippen MR) is 119 cm³/mol. The molecule has 2 aromatic carbocycles. The molecule has 0 aliphatic carbocycles. The number of anilines is 1. The maximum atomic E-state index is 12.8. The van der Waals surface area contributed by atoms with Crippen molar-refractivity contribution < 1.29 is 9.53 Å². The van der Waals surface area contributed by atoms with E-state index in [0.717, 1.165) is 11.3 Å². The van der Waals surface area contributed by atoms with E-state index in [9.17, 15) is 4.79 Å². The summed E-state index contributed by atoms with van der Waals surface area (Å²) < 4.78 is 5.79. The number of carbonyl (C=O) groups is 1. The molecular formula is C24H19N3O2S. The van der Waals surface area contributed by atoms with Crippen LogP contribution in [0.15, 0.2) is 102 Å². The zero-order chi connectivity index (χ0) is 20.6. The molecule has 4 aromatic rings. The van der Waals surface area contributed by atoms with Crippen molar-refractivity contribution in [3.05, 3.63) is 109 Å². The van der Waals surface area contributed by atoms with E-state index in [1.807, 2.05) is 66.7 Å². The van der Waals surface area contributed by atoms with E-state index in [1.165, 1.54) is 11.8 Å². The number of rotatable bonds is 7. The Hall–Kier alpha value is -3.64. The Morgan fingerprint density at radius 1 is 0.833 bits per heavy atom. The Morgan fingerprint density at radius 2 is 1.57 bits per heavy atom. The highest BCUT2D eigenvalue weighted by Crippen LogP contribution is 2.26. The van der Waals surface area contributed by atoms with Crippen LogP contribution < -0.4 is 10.1 Å². The molecule has 148 valence electrons. The number of carbonyl (C=O) groups excluding carboxylic acids is 1. The molecule has 0 radical (unpaired) electrons. The number of amides is 1. The number of hydrogen-bond donors (Lipinski definition) is 1. The molecule has 0 bridgehead atoms. The summed E-state index contributed by atoms with van der Waals surface area (Å²) in [6.07, 6.45) is 5.21. The number of ether oxygens (including phenoxy) is 1. The van der Waals surface area contributed by atoms with E-state index in [0.29, 0.717) is 27.8 Å². The highest BCUT2D eigenvalue weighted by Gasteiger charge is 2.13. The van der Waals surface area contributed by atoms with E-state index in [-0.39, 0.29) is 5.91 Å². The first-order chi connectivity index (χ1) is 14.8. The van der Waals surface area contributed by atoms with Gasteiger partial charge in [0.1, 0.15) is 16.5 Å². The third-order valence-corrected chi connectivity index (χ3v) is 5.31. The minimum atomic E-state index is -0.197. The molecule has 0 saturated carbocycles. The highest BCUT2D eigenvalue weighted by molar-refractivity contribution is 7.98. The van der Waals surface area contributed by atoms with Crippen LogP contribution in [0.5, 0.6) is 11.5 Å². The lowest BCUT2D eigenvalue weighted by Crippen LogP contribution is -2.13. The molecule has 5 nitrogen and oxygen atoms in total. The summed E-state index contributed by atoms with van der Waals surface area (Å²) in [5.74, 6) is 1.98. The minimum Gasteiger partial charge on any atom is -0.457 e. The molecule has 1 N–H and O–H groups in total. The van der Waals surface area contributed by atoms with Crippen LogP contribution in [0.3, 0.4) is 0 Å². The largest absolute Gasteiger partial charge is 0.457 e. The number of nitrogens with zero attached hydrogens (tertiary/aromatic N) is 2. The van der Waals surface area contributed by atoms with Gasteiger partial charge < -0.3 is 10.1 Å². The van der Waals surface area contributed by atoms with Crippen LogP contribution in [-0.2, 0) is 5.75 Å². The van der Waals surface area contributed by atoms with Crippen molar-refractivity contribution in [2.75, 3.05) is 5.32 Å². The first-order valence-electron chi connectivity index (χ1n) is 9.39. The smallest absolute Gasteiger partial charge is 0.258 e. The van der Waals surface area contributed by atoms with Crippen molar-refractivity contribution in [3.8, 4) is 11.5 Å². The zero-order valence-corrected chi connectivity index (χ0v) is 16.9. The average Bonchev–Trinajstić information content (AvgIpc) is 2.80. The van der Waals surface area contributed by atoms with Gasteiger partial charge in [-0.25, -0.2) is 4.98 Å². The number of aromatic nitrogens is 2. The second-order valence-corrected chi connectivity index (χ2v) is 7.36. The second kappa shape index (κ2) is 9.71. The van der Waals surface area contributed by atoms with Crippen molar-refractivity contribution in [1.29, 1.82) is 0 Å². The molecule has 1 amide bonds. The van der Waals surface area contributed by atoms with Gasteiger partial charge in [0.15, 0.2) is 0 Å². The van der Waals surface area contributed by atoms with E-state index in [4.69, 9.17) is 4.74 Å². The molecule has 4 rings (SSSR count). The fourth-order valence-electron chi connectivity index (χ4n) is 2.74. The lowest BCUT2D eigenvalue weighted by molar-refractivity contribution is 0.102. The summed E-state index contributed by atoms with van der Waals surface area (Å²) in [7, 11) is 0. The van der Waals surface area contributed by atoms with E-state index < -0.39 is 0 Å². The van der Waals surface area contributed by atoms with Crippen molar-refractivity contribution in [2.45, 2.75) is 10.8 Å². The van der Waals surface area contributed by atoms with Crippen molar-refractivity contribution in [3.63, 3.8) is 0 Å². The number of hydrogen-bond acceptors (Lipinski definition) is 5. The Balaban J connectivity index is 1.41. The third kappa shape index (κ3) is 5.24. The number of benzene rings is 2. The lowest BCUT2D eigenvalue weighted by atomic mass is 10.2. The number of para-hydroxylation sites is 1. The minimum absolute atomic E-state index is 0.197. The molecule has 2 heterocycles. The Labute approximate surface area is 179 Å². The number of pyridine rings is 2. The van der Waals surface area contributed by atoms with Gasteiger partial charge in [-0.05, 0) is 66.2 Å². The highest BCUT2D eigenvalue weighted by atomic mass is 32.2. The first kappa shape index (κ1) is 19.7. The van der Waals surface area contributed by atoms with E-state index >= 15 is 0 Å². The van der Waals surface area contributed by atoms with Gasteiger partial charge in [-0.2, -0.15) is 0 Å². The van der Waals surface area contributed by atoms with Gasteiger partial charge in [0.05, 0.1) is 5.56 Å². The first-order valence-corrected chi connectivity index (χ1v) is 10.4. The van der Waals surface area contributed by atoms with Crippen LogP contribution in [0.1, 0.15) is 15.9 Å². The van der Waals surface area contributed by atoms with Gasteiger partial charge in [-0.3, -0.25) is 9.78 Å². The standard InChI is InChI=1S/C24H19N3O2S/c28-23(22-7-4-14-26-24(22)30-17-18-12-15-25-16-13-18)27-19-8-10-21(11-9-19)29-20-5-2-1-3-6-20/h1-16H,17H2,(H,27,28). The lowest BCUT2D eigenvalue weighted by Gasteiger charge is -2.10. The zero-order valence-electron chi connectivity index (χ0n) is 16.1. The average molecular weight is 414 g/mol. The summed E-state index contributed by atoms with van der Waals surface area (Å²) >= 11 is 1.52. The number of nitrogens with one attached hydrogen (secondary N) is 1. The van der Waals surface area contributed by atoms with Crippen molar-refractivity contribution in [1.82, 2.24) is 9.97 Å². The van der Waals surface area contributed by atoms with Gasteiger partial charge >= 0.3 is 0 Å². The van der Waals surface area contributed by atoms with Gasteiger partial charge in [-0.1, -0.05) is 18.2 Å². The molecule has 0 unspecified atom stereocenters. The molecule has 2 aromatic heterocycles. The van der Waals surface area contributed by atoms with Crippen LogP contribution >= 0.6 is 11.8 Å². The SMILES string of the molecule is O=C(Nc1ccc(Oc2ccccc2)cc1)c1cccnc1SCc1ccncc1. The molecular weight excluding hydrogens is 394 g/mol. The summed E-state index contributed by atoms with van der Waals surface area (Å²) in [6.45, 7) is 0. The molecule has 0 aliphatic heterocycles. The second-order valence-electron chi connectivity index (χ2n) is 6.39. The quantitative estimate of drug-likeness (QED) is 0.387. The Bertz CT molecular complexity index is 1100. The van der Waals surface area contributed by atoms with Crippen molar-refractivity contribution in [2.24, 2.45) is 0 Å². The third-order valence-electron chi connectivity index (χ3n) is 4.23. The van der Waals surface area contributed by atoms with Gasteiger partial charge in [0.2, 0.25) is 0 Å². The van der Waals surface area contributed by atoms with Crippen LogP contribution in [0, 0.1) is 0 Å². The maximum absolute atomic E-state index is 12.8. The monoisotopic (exact) mass is 413 g/mol. The van der Waals surface area contributed by atoms with Crippen LogP contribution in [0.4, 0.5) is 5.69 Å². The molecule has 0 fully saturated rings. The van der Waals surface area contributed by atoms with Crippen LogP contribution in [0.2, 0.25) is 0 Å². The fraction of sp³-hybridized carbons (Fsp3) is 0.0417. The fourth-order valence-corrected chi connectivity index (χ4v) is 3.69. The van der Waals surface area contributed by atoms with E-state index in [1.54, 1.807) is 30.7 Å². The molecule has 0 aliphatic rings. The van der Waals surface area contributed by atoms with Crippen LogP contribution in [-0.4, -0.2) is 15.9 Å². The topological polar surface area (TPSA) is 64.1 Å². The molecule has 0 atom stereocenters. The van der Waals surface area contributed by atoms with E-state index in [2.05, 4.69) is 15.3 Å². The number of thioether (sulfide) groups is 1. The molecule has 0 saturated heterocycles. The van der Waals surface area contributed by atoms with Gasteiger partial charge in [0.25, 0.3) is 5.91 Å². The summed E-state index contributed by atoms with van der Waals surface area (Å²) in [4.78, 5) is 21.2.